The molecule has 1 aromatic heterocycles. The first-order valence-corrected chi connectivity index (χ1v) is 18.8. The third-order valence-corrected chi connectivity index (χ3v) is 10.7. The third kappa shape index (κ3) is 6.72. The Morgan fingerprint density at radius 2 is 1.18 bits per heavy atom. The first-order chi connectivity index (χ1) is 23.1. The Balaban J connectivity index is 1.43. The zero-order chi connectivity index (χ0) is 36.6. The van der Waals surface area contributed by atoms with E-state index in [2.05, 4.69) is 177 Å². The Hall–Kier alpha value is -3.67. The Morgan fingerprint density at radius 1 is 0.680 bits per heavy atom. The number of anilines is 1. The highest BCUT2D eigenvalue weighted by molar-refractivity contribution is 5.85. The first kappa shape index (κ1) is 36.1. The summed E-state index contributed by atoms with van der Waals surface area (Å²) in [6.45, 7) is 29.4. The minimum atomic E-state index is -1.09. The lowest BCUT2D eigenvalue weighted by atomic mass is 9.78. The van der Waals surface area contributed by atoms with E-state index < -0.39 is 6.03 Å². The molecule has 3 aliphatic rings. The molecule has 0 amide bonds. The maximum absolute atomic E-state index is 7.39. The predicted molar refractivity (Wildman–Crippen MR) is 206 cm³/mol. The molecule has 6 rings (SSSR count). The minimum absolute atomic E-state index is 0.0112. The molecule has 3 aromatic rings. The Bertz CT molecular complexity index is 1840. The van der Waals surface area contributed by atoms with Crippen molar-refractivity contribution in [3.05, 3.63) is 82.2 Å². The highest BCUT2D eigenvalue weighted by Gasteiger charge is 2.72. The van der Waals surface area contributed by atoms with E-state index in [1.165, 1.54) is 27.9 Å². The van der Waals surface area contributed by atoms with Crippen LogP contribution in [0, 0.1) is 0 Å². The molecule has 1 saturated heterocycles. The molecule has 1 fully saturated rings. The lowest BCUT2D eigenvalue weighted by Gasteiger charge is -2.34. The van der Waals surface area contributed by atoms with Crippen LogP contribution in [0.25, 0.3) is 0 Å². The van der Waals surface area contributed by atoms with Gasteiger partial charge in [-0.2, -0.15) is 0 Å². The number of hydrogen-bond acceptors (Lipinski definition) is 3. The van der Waals surface area contributed by atoms with Crippen LogP contribution in [0.15, 0.2) is 48.8 Å². The molecule has 0 radical (unpaired) electrons. The van der Waals surface area contributed by atoms with Crippen molar-refractivity contribution in [3.8, 4) is 11.5 Å². The van der Waals surface area contributed by atoms with E-state index in [1.807, 2.05) is 0 Å². The molecule has 2 aromatic carbocycles. The van der Waals surface area contributed by atoms with Crippen molar-refractivity contribution >= 4 is 18.1 Å². The highest BCUT2D eigenvalue weighted by Crippen LogP contribution is 2.47. The van der Waals surface area contributed by atoms with Gasteiger partial charge in [-0.1, -0.05) is 104 Å². The quantitative estimate of drug-likeness (QED) is 0.194. The van der Waals surface area contributed by atoms with Gasteiger partial charge in [-0.25, -0.2) is 4.57 Å². The normalized spacial score (nSPS) is 20.1. The van der Waals surface area contributed by atoms with Crippen LogP contribution in [-0.2, 0) is 28.2 Å². The van der Waals surface area contributed by atoms with Crippen LogP contribution in [0.4, 0.5) is 5.69 Å². The summed E-state index contributed by atoms with van der Waals surface area (Å²) in [5.41, 5.74) is 8.40. The zero-order valence-corrected chi connectivity index (χ0v) is 33.5. The lowest BCUT2D eigenvalue weighted by Crippen LogP contribution is -2.60. The average Bonchev–Trinajstić information content (AvgIpc) is 3.29. The summed E-state index contributed by atoms with van der Waals surface area (Å²) in [7, 11) is 4.17. The fraction of sp³-hybridized carbons (Fsp3) is 0.568. The number of aromatic nitrogens is 1. The standard InChI is InChI=1S/C44H63N4O2/c1-40(2,3)32-23-30-27-47-29-35(17-15-16-20-46-21-18-34(19-22-46)45(13)14)48-28-31-24-33(41(4,5)6)26-37(43(10,11)12)39(31)50-44(47,48)49-38(30)36(25-32)42(7,8)9/h18-19,21-28,35H,15-17,20,29H2,1-14H3/q+3. The summed E-state index contributed by atoms with van der Waals surface area (Å²) in [5.74, 6) is 1.87. The van der Waals surface area contributed by atoms with Crippen molar-refractivity contribution in [2.75, 3.05) is 25.5 Å². The van der Waals surface area contributed by atoms with Gasteiger partial charge in [-0.3, -0.25) is 0 Å². The van der Waals surface area contributed by atoms with Gasteiger partial charge in [0.1, 0.15) is 6.54 Å². The van der Waals surface area contributed by atoms with Gasteiger partial charge in [0, 0.05) is 55.9 Å². The number of ether oxygens (including phenoxy) is 2. The van der Waals surface area contributed by atoms with Crippen LogP contribution in [0.3, 0.4) is 0 Å². The summed E-state index contributed by atoms with van der Waals surface area (Å²) < 4.78 is 21.8. The van der Waals surface area contributed by atoms with E-state index in [0.29, 0.717) is 0 Å². The molecule has 6 heteroatoms. The molecule has 268 valence electrons. The number of aryl methyl sites for hydroxylation is 1. The topological polar surface area (TPSA) is 31.6 Å². The van der Waals surface area contributed by atoms with Crippen molar-refractivity contribution in [2.45, 2.75) is 143 Å². The number of benzene rings is 2. The van der Waals surface area contributed by atoms with Gasteiger partial charge in [0.15, 0.2) is 36.3 Å². The van der Waals surface area contributed by atoms with Gasteiger partial charge in [0.05, 0.1) is 11.1 Å². The molecule has 4 heterocycles. The number of unbranched alkanes of at least 4 members (excludes halogenated alkanes) is 1. The second kappa shape index (κ2) is 12.2. The molecule has 3 aliphatic heterocycles. The number of nitrogens with zero attached hydrogens (tertiary/aromatic N) is 4. The minimum Gasteiger partial charge on any atom is -0.377 e. The molecule has 0 N–H and O–H groups in total. The molecule has 2 unspecified atom stereocenters. The van der Waals surface area contributed by atoms with Crippen molar-refractivity contribution in [3.63, 3.8) is 0 Å². The van der Waals surface area contributed by atoms with Gasteiger partial charge in [-0.15, -0.1) is 0 Å². The van der Waals surface area contributed by atoms with Gasteiger partial charge >= 0.3 is 6.03 Å². The van der Waals surface area contributed by atoms with Gasteiger partial charge in [0.25, 0.3) is 0 Å². The SMILES string of the molecule is CN(C)c1cc[n+](CCCCC2C[N+]3=Cc4cc(C(C)(C)C)cc(C(C)(C)C)c4OC34Oc3c(cc(C(C)(C)C)cc3C(C)(C)C)C=[N+]24)cc1. The first-order valence-electron chi connectivity index (χ1n) is 18.8. The summed E-state index contributed by atoms with van der Waals surface area (Å²) in [6.07, 6.45) is 12.3. The number of pyridine rings is 1. The smallest absolute Gasteiger partial charge is 0.377 e. The molecule has 50 heavy (non-hydrogen) atoms. The van der Waals surface area contributed by atoms with Crippen LogP contribution in [0.5, 0.6) is 11.5 Å². The highest BCUT2D eigenvalue weighted by atomic mass is 16.7. The number of fused-ring (bicyclic) bond motifs is 2. The molecule has 0 saturated carbocycles. The second-order valence-corrected chi connectivity index (χ2v) is 19.3. The Morgan fingerprint density at radius 3 is 1.64 bits per heavy atom. The third-order valence-electron chi connectivity index (χ3n) is 10.7. The number of hydrogen-bond donors (Lipinski definition) is 0. The molecule has 2 atom stereocenters. The molecule has 0 bridgehead atoms. The maximum atomic E-state index is 7.39. The van der Waals surface area contributed by atoms with Crippen molar-refractivity contribution in [1.82, 2.24) is 0 Å². The van der Waals surface area contributed by atoms with Crippen molar-refractivity contribution in [1.29, 1.82) is 0 Å². The van der Waals surface area contributed by atoms with Crippen LogP contribution < -0.4 is 18.9 Å². The van der Waals surface area contributed by atoms with E-state index in [-0.39, 0.29) is 27.7 Å². The van der Waals surface area contributed by atoms with E-state index in [0.717, 1.165) is 55.0 Å². The van der Waals surface area contributed by atoms with E-state index in [4.69, 9.17) is 9.47 Å². The number of rotatable bonds is 6. The monoisotopic (exact) mass is 679 g/mol. The van der Waals surface area contributed by atoms with E-state index >= 15 is 0 Å². The van der Waals surface area contributed by atoms with E-state index in [9.17, 15) is 0 Å². The van der Waals surface area contributed by atoms with Crippen molar-refractivity contribution < 1.29 is 23.2 Å². The van der Waals surface area contributed by atoms with Gasteiger partial charge in [-0.05, 0) is 51.3 Å². The van der Waals surface area contributed by atoms with Crippen LogP contribution in [0.2, 0.25) is 0 Å². The molecular weight excluding hydrogens is 617 g/mol. The summed E-state index contributed by atoms with van der Waals surface area (Å²) in [5, 5.41) is 0. The Kier molecular flexibility index (Phi) is 8.84. The summed E-state index contributed by atoms with van der Waals surface area (Å²) in [4.78, 5) is 2.14. The fourth-order valence-electron chi connectivity index (χ4n) is 7.46. The van der Waals surface area contributed by atoms with Crippen LogP contribution in [-0.4, -0.2) is 54.3 Å². The van der Waals surface area contributed by atoms with Gasteiger partial charge in [0.2, 0.25) is 12.6 Å². The molecule has 6 nitrogen and oxygen atoms in total. The lowest BCUT2D eigenvalue weighted by molar-refractivity contribution is -0.861. The average molecular weight is 680 g/mol. The summed E-state index contributed by atoms with van der Waals surface area (Å²) >= 11 is 0. The van der Waals surface area contributed by atoms with E-state index in [1.54, 1.807) is 0 Å². The fourth-order valence-corrected chi connectivity index (χ4v) is 7.46. The predicted octanol–water partition coefficient (Wildman–Crippen LogP) is 8.44. The molecule has 0 aliphatic carbocycles. The van der Waals surface area contributed by atoms with Gasteiger partial charge < -0.3 is 14.4 Å². The zero-order valence-electron chi connectivity index (χ0n) is 33.5. The van der Waals surface area contributed by atoms with Crippen molar-refractivity contribution in [2.24, 2.45) is 0 Å². The van der Waals surface area contributed by atoms with Crippen LogP contribution in [0.1, 0.15) is 136 Å². The maximum Gasteiger partial charge on any atom is 0.704 e. The second-order valence-electron chi connectivity index (χ2n) is 19.3. The molecular formula is C44H63N4O2+3. The largest absolute Gasteiger partial charge is 0.704 e. The Labute approximate surface area is 302 Å². The van der Waals surface area contributed by atoms with Crippen LogP contribution >= 0.6 is 0 Å². The molecule has 1 spiro atoms. The summed E-state index contributed by atoms with van der Waals surface area (Å²) in [6, 6.07) is 12.9.